The smallest absolute Gasteiger partial charge is 0.272 e. The average molecular weight is 389 g/mol. The molecule has 7 heteroatoms. The van der Waals surface area contributed by atoms with E-state index in [1.54, 1.807) is 19.2 Å². The van der Waals surface area contributed by atoms with Gasteiger partial charge in [-0.05, 0) is 50.3 Å². The van der Waals surface area contributed by atoms with Crippen molar-refractivity contribution >= 4 is 29.1 Å². The Morgan fingerprint density at radius 1 is 1.30 bits per heavy atom. The first kappa shape index (κ1) is 19.4. The summed E-state index contributed by atoms with van der Waals surface area (Å²) in [7, 11) is 1.58. The van der Waals surface area contributed by atoms with Crippen LogP contribution in [-0.2, 0) is 0 Å². The van der Waals surface area contributed by atoms with Crippen molar-refractivity contribution in [3.05, 3.63) is 40.2 Å². The van der Waals surface area contributed by atoms with Gasteiger partial charge >= 0.3 is 0 Å². The Kier molecular flexibility index (Phi) is 5.85. The number of ether oxygens (including phenoxy) is 1. The standard InChI is InChI=1S/C20H25ClN4O2/c1-12-6-5-7-25(11-12)19(26)17-9-14(3)22-20(24-17)23-16-8-13(2)15(21)10-18(16)27-4/h8-10,12H,5-7,11H2,1-4H3,(H,22,23,24). The monoisotopic (exact) mass is 388 g/mol. The summed E-state index contributed by atoms with van der Waals surface area (Å²) in [6.07, 6.45) is 2.19. The summed E-state index contributed by atoms with van der Waals surface area (Å²) in [5, 5.41) is 3.79. The highest BCUT2D eigenvalue weighted by Gasteiger charge is 2.23. The number of methoxy groups -OCH3 is 1. The van der Waals surface area contributed by atoms with Crippen LogP contribution < -0.4 is 10.1 Å². The number of nitrogens with zero attached hydrogens (tertiary/aromatic N) is 3. The zero-order valence-electron chi connectivity index (χ0n) is 16.2. The highest BCUT2D eigenvalue weighted by molar-refractivity contribution is 6.31. The summed E-state index contributed by atoms with van der Waals surface area (Å²) >= 11 is 6.17. The molecule has 144 valence electrons. The van der Waals surface area contributed by atoms with E-state index in [2.05, 4.69) is 22.2 Å². The van der Waals surface area contributed by atoms with Gasteiger partial charge in [0.2, 0.25) is 5.95 Å². The second kappa shape index (κ2) is 8.13. The van der Waals surface area contributed by atoms with Gasteiger partial charge < -0.3 is 15.0 Å². The molecule has 1 N–H and O–H groups in total. The molecule has 1 fully saturated rings. The van der Waals surface area contributed by atoms with Crippen molar-refractivity contribution < 1.29 is 9.53 Å². The zero-order chi connectivity index (χ0) is 19.6. The van der Waals surface area contributed by atoms with Gasteiger partial charge in [-0.1, -0.05) is 18.5 Å². The van der Waals surface area contributed by atoms with Gasteiger partial charge in [0.25, 0.3) is 5.91 Å². The lowest BCUT2D eigenvalue weighted by molar-refractivity contribution is 0.0677. The Balaban J connectivity index is 1.88. The van der Waals surface area contributed by atoms with Crippen molar-refractivity contribution in [3.8, 4) is 5.75 Å². The number of nitrogens with one attached hydrogen (secondary N) is 1. The number of halogens is 1. The van der Waals surface area contributed by atoms with E-state index >= 15 is 0 Å². The van der Waals surface area contributed by atoms with Crippen LogP contribution in [0.15, 0.2) is 18.2 Å². The van der Waals surface area contributed by atoms with E-state index in [1.165, 1.54) is 0 Å². The third kappa shape index (κ3) is 4.50. The molecule has 0 saturated carbocycles. The van der Waals surface area contributed by atoms with Crippen LogP contribution in [-0.4, -0.2) is 41.0 Å². The molecule has 0 aliphatic carbocycles. The third-order valence-corrected chi connectivity index (χ3v) is 5.15. The van der Waals surface area contributed by atoms with Crippen LogP contribution in [0.2, 0.25) is 5.02 Å². The maximum Gasteiger partial charge on any atom is 0.272 e. The van der Waals surface area contributed by atoms with Crippen LogP contribution in [0, 0.1) is 19.8 Å². The predicted molar refractivity (Wildman–Crippen MR) is 107 cm³/mol. The fourth-order valence-electron chi connectivity index (χ4n) is 3.32. The van der Waals surface area contributed by atoms with Gasteiger partial charge in [0, 0.05) is 29.9 Å². The Morgan fingerprint density at radius 3 is 2.78 bits per heavy atom. The maximum atomic E-state index is 12.9. The number of carbonyl (C=O) groups is 1. The van der Waals surface area contributed by atoms with Crippen molar-refractivity contribution in [2.75, 3.05) is 25.5 Å². The van der Waals surface area contributed by atoms with E-state index in [4.69, 9.17) is 16.3 Å². The number of hydrogen-bond donors (Lipinski definition) is 1. The molecule has 1 amide bonds. The summed E-state index contributed by atoms with van der Waals surface area (Å²) in [4.78, 5) is 23.6. The van der Waals surface area contributed by atoms with E-state index in [1.807, 2.05) is 24.8 Å². The van der Waals surface area contributed by atoms with Gasteiger partial charge in [-0.15, -0.1) is 0 Å². The summed E-state index contributed by atoms with van der Waals surface area (Å²) in [5.74, 6) is 1.43. The minimum atomic E-state index is -0.0469. The van der Waals surface area contributed by atoms with Gasteiger partial charge in [0.05, 0.1) is 12.8 Å². The fourth-order valence-corrected chi connectivity index (χ4v) is 3.47. The molecule has 0 bridgehead atoms. The summed E-state index contributed by atoms with van der Waals surface area (Å²) < 4.78 is 5.39. The number of aryl methyl sites for hydroxylation is 2. The maximum absolute atomic E-state index is 12.9. The number of rotatable bonds is 4. The van der Waals surface area contributed by atoms with Crippen LogP contribution in [0.3, 0.4) is 0 Å². The Labute approximate surface area is 164 Å². The normalized spacial score (nSPS) is 16.9. The minimum Gasteiger partial charge on any atom is -0.495 e. The zero-order valence-corrected chi connectivity index (χ0v) is 16.9. The van der Waals surface area contributed by atoms with Crippen molar-refractivity contribution in [2.24, 2.45) is 5.92 Å². The van der Waals surface area contributed by atoms with Gasteiger partial charge in [0.1, 0.15) is 11.4 Å². The van der Waals surface area contributed by atoms with Gasteiger partial charge in [-0.25, -0.2) is 9.97 Å². The molecule has 3 rings (SSSR count). The summed E-state index contributed by atoms with van der Waals surface area (Å²) in [6.45, 7) is 7.49. The number of anilines is 2. The first-order chi connectivity index (χ1) is 12.9. The number of likely N-dealkylation sites (tertiary alicyclic amines) is 1. The lowest BCUT2D eigenvalue weighted by Crippen LogP contribution is -2.39. The summed E-state index contributed by atoms with van der Waals surface area (Å²) in [5.41, 5.74) is 2.75. The minimum absolute atomic E-state index is 0.0469. The molecule has 6 nitrogen and oxygen atoms in total. The first-order valence-corrected chi connectivity index (χ1v) is 9.51. The quantitative estimate of drug-likeness (QED) is 0.842. The number of hydrogen-bond acceptors (Lipinski definition) is 5. The Bertz CT molecular complexity index is 856. The molecule has 1 aliphatic rings. The molecule has 2 heterocycles. The average Bonchev–Trinajstić information content (AvgIpc) is 2.63. The van der Waals surface area contributed by atoms with Crippen molar-refractivity contribution in [2.45, 2.75) is 33.6 Å². The lowest BCUT2D eigenvalue weighted by Gasteiger charge is -2.30. The molecule has 0 radical (unpaired) electrons. The van der Waals surface area contributed by atoms with Crippen LogP contribution in [0.1, 0.15) is 41.5 Å². The van der Waals surface area contributed by atoms with E-state index in [9.17, 15) is 4.79 Å². The molecule has 1 aromatic heterocycles. The SMILES string of the molecule is COc1cc(Cl)c(C)cc1Nc1nc(C)cc(C(=O)N2CCCC(C)C2)n1. The fraction of sp³-hybridized carbons (Fsp3) is 0.450. The van der Waals surface area contributed by atoms with Crippen LogP contribution in [0.25, 0.3) is 0 Å². The molecule has 1 aliphatic heterocycles. The molecule has 2 aromatic rings. The van der Waals surface area contributed by atoms with Crippen LogP contribution in [0.5, 0.6) is 5.75 Å². The number of aromatic nitrogens is 2. The highest BCUT2D eigenvalue weighted by atomic mass is 35.5. The van der Waals surface area contributed by atoms with Crippen molar-refractivity contribution in [3.63, 3.8) is 0 Å². The largest absolute Gasteiger partial charge is 0.495 e. The molecule has 1 unspecified atom stereocenters. The van der Waals surface area contributed by atoms with E-state index in [0.29, 0.717) is 34.0 Å². The first-order valence-electron chi connectivity index (χ1n) is 9.13. The molecule has 1 saturated heterocycles. The second-order valence-electron chi connectivity index (χ2n) is 7.14. The number of benzene rings is 1. The number of piperidine rings is 1. The van der Waals surface area contributed by atoms with Gasteiger partial charge in [-0.3, -0.25) is 4.79 Å². The summed E-state index contributed by atoms with van der Waals surface area (Å²) in [6, 6.07) is 5.36. The van der Waals surface area contributed by atoms with Gasteiger partial charge in [-0.2, -0.15) is 0 Å². The molecule has 1 atom stereocenters. The highest BCUT2D eigenvalue weighted by Crippen LogP contribution is 2.32. The topological polar surface area (TPSA) is 67.3 Å². The Hall–Kier alpha value is -2.34. The molecule has 0 spiro atoms. The van der Waals surface area contributed by atoms with Crippen LogP contribution >= 0.6 is 11.6 Å². The third-order valence-electron chi connectivity index (χ3n) is 4.74. The number of carbonyl (C=O) groups excluding carboxylic acids is 1. The van der Waals surface area contributed by atoms with Crippen molar-refractivity contribution in [1.82, 2.24) is 14.9 Å². The second-order valence-corrected chi connectivity index (χ2v) is 7.55. The molecular formula is C20H25ClN4O2. The Morgan fingerprint density at radius 2 is 2.07 bits per heavy atom. The molecular weight excluding hydrogens is 364 g/mol. The van der Waals surface area contributed by atoms with Crippen molar-refractivity contribution in [1.29, 1.82) is 0 Å². The van der Waals surface area contributed by atoms with E-state index in [0.717, 1.165) is 37.2 Å². The number of amides is 1. The van der Waals surface area contributed by atoms with Gasteiger partial charge in [0.15, 0.2) is 0 Å². The molecule has 27 heavy (non-hydrogen) atoms. The molecule has 1 aromatic carbocycles. The van der Waals surface area contributed by atoms with E-state index in [-0.39, 0.29) is 5.91 Å². The van der Waals surface area contributed by atoms with E-state index < -0.39 is 0 Å². The predicted octanol–water partition coefficient (Wildman–Crippen LogP) is 4.37. The lowest BCUT2D eigenvalue weighted by atomic mass is 10.00. The van der Waals surface area contributed by atoms with Crippen LogP contribution in [0.4, 0.5) is 11.6 Å².